The molecule has 1 saturated heterocycles. The molecule has 1 aliphatic heterocycles. The van der Waals surface area contributed by atoms with Gasteiger partial charge in [0.05, 0.1) is 5.60 Å². The second-order valence-electron chi connectivity index (χ2n) is 6.26. The van der Waals surface area contributed by atoms with Crippen LogP contribution in [0.15, 0.2) is 0 Å². The molecule has 1 heterocycles. The average Bonchev–Trinajstić information content (AvgIpc) is 2.78. The molecular formula is C15H30N2O. The minimum atomic E-state index is -0.375. The SMILES string of the molecule is CCCNCC1CCCCN1CC1(O)CCCC1. The lowest BCUT2D eigenvalue weighted by Crippen LogP contribution is -2.51. The Morgan fingerprint density at radius 2 is 2.00 bits per heavy atom. The summed E-state index contributed by atoms with van der Waals surface area (Å²) in [7, 11) is 0. The highest BCUT2D eigenvalue weighted by molar-refractivity contribution is 4.90. The first-order chi connectivity index (χ1) is 8.73. The van der Waals surface area contributed by atoms with Gasteiger partial charge in [-0.2, -0.15) is 0 Å². The number of aliphatic hydroxyl groups is 1. The van der Waals surface area contributed by atoms with Crippen LogP contribution in [0.4, 0.5) is 0 Å². The van der Waals surface area contributed by atoms with Crippen LogP contribution in [0.3, 0.4) is 0 Å². The van der Waals surface area contributed by atoms with Crippen LogP contribution >= 0.6 is 0 Å². The molecule has 0 radical (unpaired) electrons. The van der Waals surface area contributed by atoms with Gasteiger partial charge in [-0.25, -0.2) is 0 Å². The minimum Gasteiger partial charge on any atom is -0.389 e. The van der Waals surface area contributed by atoms with Crippen LogP contribution in [0.5, 0.6) is 0 Å². The molecule has 0 aromatic heterocycles. The average molecular weight is 254 g/mol. The first-order valence-corrected chi connectivity index (χ1v) is 7.91. The number of rotatable bonds is 6. The van der Waals surface area contributed by atoms with E-state index in [2.05, 4.69) is 17.1 Å². The molecule has 1 saturated carbocycles. The van der Waals surface area contributed by atoms with Gasteiger partial charge in [0.15, 0.2) is 0 Å². The number of hydrogen-bond acceptors (Lipinski definition) is 3. The number of β-amino-alcohol motifs (C(OH)–C–C–N with tert-alkyl or cyclic N) is 1. The van der Waals surface area contributed by atoms with Crippen molar-refractivity contribution in [2.24, 2.45) is 0 Å². The molecule has 1 atom stereocenters. The van der Waals surface area contributed by atoms with Crippen LogP contribution < -0.4 is 5.32 Å². The van der Waals surface area contributed by atoms with E-state index < -0.39 is 0 Å². The van der Waals surface area contributed by atoms with Gasteiger partial charge in [0.1, 0.15) is 0 Å². The maximum Gasteiger partial charge on any atom is 0.0774 e. The minimum absolute atomic E-state index is 0.375. The Kier molecular flexibility index (Phi) is 5.46. The molecule has 3 heteroatoms. The Morgan fingerprint density at radius 3 is 2.72 bits per heavy atom. The predicted molar refractivity (Wildman–Crippen MR) is 75.8 cm³/mol. The van der Waals surface area contributed by atoms with E-state index in [9.17, 15) is 5.11 Å². The monoisotopic (exact) mass is 254 g/mol. The van der Waals surface area contributed by atoms with E-state index in [1.54, 1.807) is 0 Å². The van der Waals surface area contributed by atoms with Crippen molar-refractivity contribution in [2.45, 2.75) is 69.9 Å². The second kappa shape index (κ2) is 6.88. The summed E-state index contributed by atoms with van der Waals surface area (Å²) in [4.78, 5) is 2.55. The molecule has 18 heavy (non-hydrogen) atoms. The lowest BCUT2D eigenvalue weighted by molar-refractivity contribution is -0.0118. The normalized spacial score (nSPS) is 28.7. The molecule has 2 N–H and O–H groups in total. The standard InChI is InChI=1S/C15H30N2O/c1-2-10-16-12-14-7-3-6-11-17(14)13-15(18)8-4-5-9-15/h14,16,18H,2-13H2,1H3. The summed E-state index contributed by atoms with van der Waals surface area (Å²) < 4.78 is 0. The van der Waals surface area contributed by atoms with E-state index in [0.29, 0.717) is 6.04 Å². The van der Waals surface area contributed by atoms with Gasteiger partial charge in [0, 0.05) is 19.1 Å². The van der Waals surface area contributed by atoms with Gasteiger partial charge in [-0.15, -0.1) is 0 Å². The summed E-state index contributed by atoms with van der Waals surface area (Å²) in [5.41, 5.74) is -0.375. The summed E-state index contributed by atoms with van der Waals surface area (Å²) in [6.07, 6.45) is 9.61. The zero-order valence-corrected chi connectivity index (χ0v) is 12.0. The molecule has 0 bridgehead atoms. The van der Waals surface area contributed by atoms with Crippen molar-refractivity contribution in [3.63, 3.8) is 0 Å². The Hall–Kier alpha value is -0.120. The third-order valence-corrected chi connectivity index (χ3v) is 4.59. The number of nitrogens with zero attached hydrogens (tertiary/aromatic N) is 1. The van der Waals surface area contributed by atoms with E-state index in [1.807, 2.05) is 0 Å². The lowest BCUT2D eigenvalue weighted by Gasteiger charge is -2.40. The van der Waals surface area contributed by atoms with Crippen molar-refractivity contribution in [1.29, 1.82) is 0 Å². The van der Waals surface area contributed by atoms with Crippen LogP contribution in [0.2, 0.25) is 0 Å². The topological polar surface area (TPSA) is 35.5 Å². The van der Waals surface area contributed by atoms with Gasteiger partial charge in [-0.1, -0.05) is 26.2 Å². The zero-order chi connectivity index (χ0) is 12.8. The van der Waals surface area contributed by atoms with E-state index in [-0.39, 0.29) is 5.60 Å². The number of nitrogens with one attached hydrogen (secondary N) is 1. The third kappa shape index (κ3) is 3.94. The fourth-order valence-electron chi connectivity index (χ4n) is 3.51. The molecule has 1 unspecified atom stereocenters. The molecule has 3 nitrogen and oxygen atoms in total. The molecule has 2 aliphatic rings. The summed E-state index contributed by atoms with van der Waals surface area (Å²) in [6.45, 7) is 6.53. The molecular weight excluding hydrogens is 224 g/mol. The van der Waals surface area contributed by atoms with Crippen molar-refractivity contribution >= 4 is 0 Å². The molecule has 106 valence electrons. The highest BCUT2D eigenvalue weighted by Crippen LogP contribution is 2.31. The van der Waals surface area contributed by atoms with Gasteiger partial charge in [-0.3, -0.25) is 4.90 Å². The molecule has 0 amide bonds. The molecule has 0 aromatic rings. The first kappa shape index (κ1) is 14.3. The molecule has 0 aromatic carbocycles. The smallest absolute Gasteiger partial charge is 0.0774 e. The summed E-state index contributed by atoms with van der Waals surface area (Å²) in [6, 6.07) is 0.648. The third-order valence-electron chi connectivity index (χ3n) is 4.59. The summed E-state index contributed by atoms with van der Waals surface area (Å²) in [5.74, 6) is 0. The van der Waals surface area contributed by atoms with Crippen molar-refractivity contribution in [3.8, 4) is 0 Å². The predicted octanol–water partition coefficient (Wildman–Crippen LogP) is 2.15. The van der Waals surface area contributed by atoms with Gasteiger partial charge in [0.2, 0.25) is 0 Å². The Balaban J connectivity index is 1.82. The van der Waals surface area contributed by atoms with Gasteiger partial charge in [-0.05, 0) is 45.2 Å². The van der Waals surface area contributed by atoms with Gasteiger partial charge >= 0.3 is 0 Å². The highest BCUT2D eigenvalue weighted by Gasteiger charge is 2.35. The van der Waals surface area contributed by atoms with Crippen molar-refractivity contribution in [2.75, 3.05) is 26.2 Å². The van der Waals surface area contributed by atoms with E-state index >= 15 is 0 Å². The number of hydrogen-bond donors (Lipinski definition) is 2. The van der Waals surface area contributed by atoms with Gasteiger partial charge < -0.3 is 10.4 Å². The highest BCUT2D eigenvalue weighted by atomic mass is 16.3. The van der Waals surface area contributed by atoms with Gasteiger partial charge in [0.25, 0.3) is 0 Å². The summed E-state index contributed by atoms with van der Waals surface area (Å²) >= 11 is 0. The fourth-order valence-corrected chi connectivity index (χ4v) is 3.51. The Labute approximate surface area is 112 Å². The van der Waals surface area contributed by atoms with Crippen molar-refractivity contribution < 1.29 is 5.11 Å². The maximum atomic E-state index is 10.6. The van der Waals surface area contributed by atoms with Crippen LogP contribution in [-0.4, -0.2) is 47.8 Å². The van der Waals surface area contributed by atoms with Crippen LogP contribution in [-0.2, 0) is 0 Å². The molecule has 1 aliphatic carbocycles. The second-order valence-corrected chi connectivity index (χ2v) is 6.26. The molecule has 2 rings (SSSR count). The quantitative estimate of drug-likeness (QED) is 0.713. The molecule has 0 spiro atoms. The van der Waals surface area contributed by atoms with E-state index in [0.717, 1.165) is 32.5 Å². The lowest BCUT2D eigenvalue weighted by atomic mass is 9.96. The fraction of sp³-hybridized carbons (Fsp3) is 1.00. The first-order valence-electron chi connectivity index (χ1n) is 7.91. The zero-order valence-electron chi connectivity index (χ0n) is 12.0. The van der Waals surface area contributed by atoms with E-state index in [4.69, 9.17) is 0 Å². The Bertz CT molecular complexity index is 239. The number of likely N-dealkylation sites (tertiary alicyclic amines) is 1. The molecule has 2 fully saturated rings. The van der Waals surface area contributed by atoms with E-state index in [1.165, 1.54) is 45.1 Å². The number of piperidine rings is 1. The van der Waals surface area contributed by atoms with Crippen molar-refractivity contribution in [3.05, 3.63) is 0 Å². The van der Waals surface area contributed by atoms with Crippen LogP contribution in [0, 0.1) is 0 Å². The maximum absolute atomic E-state index is 10.6. The van der Waals surface area contributed by atoms with Crippen molar-refractivity contribution in [1.82, 2.24) is 10.2 Å². The summed E-state index contributed by atoms with van der Waals surface area (Å²) in [5, 5.41) is 14.1. The Morgan fingerprint density at radius 1 is 1.22 bits per heavy atom. The van der Waals surface area contributed by atoms with Crippen LogP contribution in [0.1, 0.15) is 58.3 Å². The largest absolute Gasteiger partial charge is 0.389 e. The van der Waals surface area contributed by atoms with Crippen LogP contribution in [0.25, 0.3) is 0 Å².